The minimum absolute atomic E-state index is 0.215. The number of hydrogen-bond donors (Lipinski definition) is 1. The summed E-state index contributed by atoms with van der Waals surface area (Å²) in [6, 6.07) is 14.5. The number of hydrogen-bond acceptors (Lipinski definition) is 5. The van der Waals surface area contributed by atoms with Gasteiger partial charge in [0.1, 0.15) is 12.4 Å². The third-order valence-corrected chi connectivity index (χ3v) is 6.73. The number of amides is 1. The average molecular weight is 582 g/mol. The standard InChI is InChI=1S/C24H16BrCl2FN2O3S/c1-32-20-9-13(8-18(25)22(20)33-12-14-2-3-15(26)11-19(14)27)10-21-23(31)30-24(34-21)29-17-6-4-16(28)5-7-17/h2-11H,12H2,1H3,(H,29,30,31)/b21-10+. The Kier molecular flexibility index (Phi) is 7.83. The van der Waals surface area contributed by atoms with Crippen LogP contribution in [-0.2, 0) is 11.4 Å². The lowest BCUT2D eigenvalue weighted by molar-refractivity contribution is -0.115. The number of ether oxygens (including phenoxy) is 2. The van der Waals surface area contributed by atoms with Crippen LogP contribution >= 0.6 is 50.9 Å². The SMILES string of the molecule is COc1cc(/C=C2/SC(=Nc3ccc(F)cc3)NC2=O)cc(Br)c1OCc1ccc(Cl)cc1Cl. The number of benzene rings is 3. The number of amidine groups is 1. The van der Waals surface area contributed by atoms with Gasteiger partial charge in [-0.1, -0.05) is 29.3 Å². The summed E-state index contributed by atoms with van der Waals surface area (Å²) in [5.74, 6) is 0.349. The van der Waals surface area contributed by atoms with Crippen molar-refractivity contribution in [1.82, 2.24) is 5.32 Å². The Labute approximate surface area is 218 Å². The van der Waals surface area contributed by atoms with E-state index in [9.17, 15) is 9.18 Å². The molecule has 1 saturated heterocycles. The quantitative estimate of drug-likeness (QED) is 0.309. The van der Waals surface area contributed by atoms with Gasteiger partial charge in [-0.15, -0.1) is 0 Å². The van der Waals surface area contributed by atoms with E-state index in [2.05, 4.69) is 26.2 Å². The molecule has 1 aliphatic rings. The zero-order valence-electron chi connectivity index (χ0n) is 17.6. The van der Waals surface area contributed by atoms with Gasteiger partial charge >= 0.3 is 0 Å². The number of rotatable bonds is 6. The third kappa shape index (κ3) is 5.93. The molecule has 1 N–H and O–H groups in total. The Morgan fingerprint density at radius 2 is 1.91 bits per heavy atom. The molecule has 0 aliphatic carbocycles. The van der Waals surface area contributed by atoms with E-state index in [1.54, 1.807) is 30.3 Å². The first-order valence-electron chi connectivity index (χ1n) is 9.82. The second-order valence-electron chi connectivity index (χ2n) is 7.02. The number of carbonyl (C=O) groups excluding carboxylic acids is 1. The Balaban J connectivity index is 1.53. The van der Waals surface area contributed by atoms with E-state index >= 15 is 0 Å². The monoisotopic (exact) mass is 580 g/mol. The first kappa shape index (κ1) is 24.6. The fourth-order valence-electron chi connectivity index (χ4n) is 3.02. The molecule has 0 atom stereocenters. The number of nitrogens with zero attached hydrogens (tertiary/aromatic N) is 1. The Morgan fingerprint density at radius 1 is 1.15 bits per heavy atom. The van der Waals surface area contributed by atoms with Gasteiger partial charge in [0.15, 0.2) is 16.7 Å². The maximum atomic E-state index is 13.1. The number of halogens is 4. The molecule has 3 aromatic rings. The highest BCUT2D eigenvalue weighted by atomic mass is 79.9. The zero-order valence-corrected chi connectivity index (χ0v) is 21.5. The van der Waals surface area contributed by atoms with Crippen LogP contribution in [0.4, 0.5) is 10.1 Å². The summed E-state index contributed by atoms with van der Waals surface area (Å²) in [5.41, 5.74) is 2.04. The first-order valence-corrected chi connectivity index (χ1v) is 12.2. The highest BCUT2D eigenvalue weighted by molar-refractivity contribution is 9.10. The van der Waals surface area contributed by atoms with Crippen molar-refractivity contribution >= 4 is 73.7 Å². The van der Waals surface area contributed by atoms with Crippen LogP contribution in [-0.4, -0.2) is 18.2 Å². The van der Waals surface area contributed by atoms with Crippen LogP contribution in [0.5, 0.6) is 11.5 Å². The van der Waals surface area contributed by atoms with Gasteiger partial charge in [-0.3, -0.25) is 4.79 Å². The fourth-order valence-corrected chi connectivity index (χ4v) is 4.90. The van der Waals surface area contributed by atoms with Gasteiger partial charge in [-0.25, -0.2) is 9.38 Å². The van der Waals surface area contributed by atoms with E-state index in [1.807, 2.05) is 6.07 Å². The molecule has 0 saturated carbocycles. The van der Waals surface area contributed by atoms with Gasteiger partial charge < -0.3 is 14.8 Å². The fraction of sp³-hybridized carbons (Fsp3) is 0.0833. The molecule has 3 aromatic carbocycles. The molecule has 10 heteroatoms. The minimum Gasteiger partial charge on any atom is -0.493 e. The van der Waals surface area contributed by atoms with Gasteiger partial charge in [0, 0.05) is 15.6 Å². The van der Waals surface area contributed by atoms with Crippen molar-refractivity contribution < 1.29 is 18.7 Å². The normalized spacial score (nSPS) is 15.6. The van der Waals surface area contributed by atoms with Crippen LogP contribution < -0.4 is 14.8 Å². The largest absolute Gasteiger partial charge is 0.493 e. The predicted octanol–water partition coefficient (Wildman–Crippen LogP) is 7.37. The van der Waals surface area contributed by atoms with Gasteiger partial charge in [0.25, 0.3) is 5.91 Å². The van der Waals surface area contributed by atoms with E-state index in [-0.39, 0.29) is 18.3 Å². The number of thioether (sulfide) groups is 1. The summed E-state index contributed by atoms with van der Waals surface area (Å²) >= 11 is 16.9. The second-order valence-corrected chi connectivity index (χ2v) is 9.75. The lowest BCUT2D eigenvalue weighted by atomic mass is 10.2. The molecular weight excluding hydrogens is 566 g/mol. The van der Waals surface area contributed by atoms with Crippen LogP contribution in [0.3, 0.4) is 0 Å². The van der Waals surface area contributed by atoms with Crippen molar-refractivity contribution in [2.45, 2.75) is 6.61 Å². The highest BCUT2D eigenvalue weighted by Gasteiger charge is 2.24. The summed E-state index contributed by atoms with van der Waals surface area (Å²) in [7, 11) is 1.53. The number of carbonyl (C=O) groups is 1. The maximum Gasteiger partial charge on any atom is 0.264 e. The number of methoxy groups -OCH3 is 1. The molecule has 0 aromatic heterocycles. The third-order valence-electron chi connectivity index (χ3n) is 4.64. The molecule has 174 valence electrons. The molecule has 0 radical (unpaired) electrons. The molecular formula is C24H16BrCl2FN2O3S. The van der Waals surface area contributed by atoms with Crippen molar-refractivity contribution in [3.8, 4) is 11.5 Å². The molecule has 4 rings (SSSR count). The van der Waals surface area contributed by atoms with Gasteiger partial charge in [0.05, 0.1) is 22.2 Å². The zero-order chi connectivity index (χ0) is 24.2. The Morgan fingerprint density at radius 3 is 2.62 bits per heavy atom. The molecule has 34 heavy (non-hydrogen) atoms. The van der Waals surface area contributed by atoms with E-state index < -0.39 is 0 Å². The molecule has 1 amide bonds. The van der Waals surface area contributed by atoms with Gasteiger partial charge in [-0.05, 0) is 87.9 Å². The summed E-state index contributed by atoms with van der Waals surface area (Å²) in [5, 5.41) is 4.17. The van der Waals surface area contributed by atoms with Crippen molar-refractivity contribution in [2.75, 3.05) is 7.11 Å². The van der Waals surface area contributed by atoms with E-state index in [1.165, 1.54) is 43.1 Å². The molecule has 0 spiro atoms. The van der Waals surface area contributed by atoms with Gasteiger partial charge in [0.2, 0.25) is 0 Å². The van der Waals surface area contributed by atoms with E-state index in [0.717, 1.165) is 11.1 Å². The van der Waals surface area contributed by atoms with Crippen LogP contribution in [0.1, 0.15) is 11.1 Å². The van der Waals surface area contributed by atoms with Crippen molar-refractivity contribution in [3.05, 3.63) is 91.0 Å². The lowest BCUT2D eigenvalue weighted by Crippen LogP contribution is -2.19. The smallest absolute Gasteiger partial charge is 0.264 e. The van der Waals surface area contributed by atoms with Crippen molar-refractivity contribution in [3.63, 3.8) is 0 Å². The Hall–Kier alpha value is -2.52. The topological polar surface area (TPSA) is 59.9 Å². The van der Waals surface area contributed by atoms with Gasteiger partial charge in [-0.2, -0.15) is 0 Å². The summed E-state index contributed by atoms with van der Waals surface area (Å²) in [6.07, 6.45) is 1.72. The molecule has 1 fully saturated rings. The maximum absolute atomic E-state index is 13.1. The number of nitrogens with one attached hydrogen (secondary N) is 1. The Bertz CT molecular complexity index is 1320. The lowest BCUT2D eigenvalue weighted by Gasteiger charge is -2.14. The average Bonchev–Trinajstić information content (AvgIpc) is 3.13. The summed E-state index contributed by atoms with van der Waals surface area (Å²) < 4.78 is 25.2. The molecule has 0 unspecified atom stereocenters. The number of aliphatic imine (C=N–C) groups is 1. The summed E-state index contributed by atoms with van der Waals surface area (Å²) in [6.45, 7) is 0.215. The summed E-state index contributed by atoms with van der Waals surface area (Å²) in [4.78, 5) is 17.2. The molecule has 1 heterocycles. The van der Waals surface area contributed by atoms with Crippen LogP contribution in [0, 0.1) is 5.82 Å². The minimum atomic E-state index is -0.351. The van der Waals surface area contributed by atoms with E-state index in [4.69, 9.17) is 32.7 Å². The van der Waals surface area contributed by atoms with Crippen molar-refractivity contribution in [1.29, 1.82) is 0 Å². The molecule has 5 nitrogen and oxygen atoms in total. The first-order chi connectivity index (χ1) is 16.3. The van der Waals surface area contributed by atoms with Crippen LogP contribution in [0.25, 0.3) is 6.08 Å². The van der Waals surface area contributed by atoms with Crippen LogP contribution in [0.2, 0.25) is 10.0 Å². The molecule has 1 aliphatic heterocycles. The van der Waals surface area contributed by atoms with Crippen molar-refractivity contribution in [2.24, 2.45) is 4.99 Å². The molecule has 0 bridgehead atoms. The highest BCUT2D eigenvalue weighted by Crippen LogP contribution is 2.39. The second kappa shape index (κ2) is 10.8. The van der Waals surface area contributed by atoms with Crippen LogP contribution in [0.15, 0.2) is 69.0 Å². The van der Waals surface area contributed by atoms with E-state index in [0.29, 0.717) is 41.8 Å². The predicted molar refractivity (Wildman–Crippen MR) is 139 cm³/mol.